The van der Waals surface area contributed by atoms with Crippen molar-refractivity contribution in [1.82, 2.24) is 19.4 Å². The average molecular weight is 441 g/mol. The van der Waals surface area contributed by atoms with Crippen LogP contribution >= 0.6 is 0 Å². The third-order valence-electron chi connectivity index (χ3n) is 5.71. The lowest BCUT2D eigenvalue weighted by atomic mass is 10.2. The number of fused-ring (bicyclic) bond motifs is 1. The van der Waals surface area contributed by atoms with Crippen LogP contribution in [0.2, 0.25) is 0 Å². The normalized spacial score (nSPS) is 15.5. The quantitative estimate of drug-likeness (QED) is 0.563. The fourth-order valence-electron chi connectivity index (χ4n) is 4.00. The average Bonchev–Trinajstić information content (AvgIpc) is 3.15. The largest absolute Gasteiger partial charge is 0.340 e. The van der Waals surface area contributed by atoms with Crippen molar-refractivity contribution < 1.29 is 13.2 Å². The van der Waals surface area contributed by atoms with E-state index in [1.807, 2.05) is 41.3 Å². The van der Waals surface area contributed by atoms with Crippen LogP contribution in [0.3, 0.4) is 0 Å². The molecule has 0 aliphatic carbocycles. The second kappa shape index (κ2) is 9.20. The maximum atomic E-state index is 12.8. The molecular formula is C23H28N4O3S. The van der Waals surface area contributed by atoms with Gasteiger partial charge in [-0.15, -0.1) is 0 Å². The predicted octanol–water partition coefficient (Wildman–Crippen LogP) is 2.15. The van der Waals surface area contributed by atoms with E-state index in [1.165, 1.54) is 6.26 Å². The van der Waals surface area contributed by atoms with Crippen LogP contribution in [0.15, 0.2) is 54.6 Å². The zero-order valence-electron chi connectivity index (χ0n) is 17.8. The molecule has 0 unspecified atom stereocenters. The molecule has 0 bridgehead atoms. The maximum Gasteiger partial charge on any atom is 0.223 e. The molecule has 2 aromatic carbocycles. The first-order valence-corrected chi connectivity index (χ1v) is 12.7. The summed E-state index contributed by atoms with van der Waals surface area (Å²) in [6, 6.07) is 18.1. The van der Waals surface area contributed by atoms with E-state index in [2.05, 4.69) is 27.7 Å². The highest BCUT2D eigenvalue weighted by Gasteiger charge is 2.22. The number of hydrogen-bond donors (Lipinski definition) is 0. The van der Waals surface area contributed by atoms with Gasteiger partial charge in [0.1, 0.15) is 15.7 Å². The van der Waals surface area contributed by atoms with Crippen molar-refractivity contribution in [3.05, 3.63) is 60.4 Å². The molecule has 1 fully saturated rings. The highest BCUT2D eigenvalue weighted by atomic mass is 32.2. The Labute approximate surface area is 183 Å². The van der Waals surface area contributed by atoms with Crippen molar-refractivity contribution in [3.8, 4) is 5.69 Å². The molecule has 0 radical (unpaired) electrons. The number of nitrogens with zero attached hydrogens (tertiary/aromatic N) is 4. The molecule has 164 valence electrons. The first-order chi connectivity index (χ1) is 14.9. The van der Waals surface area contributed by atoms with Gasteiger partial charge in [0.05, 0.1) is 16.8 Å². The third-order valence-corrected chi connectivity index (χ3v) is 6.63. The number of hydrogen-bond acceptors (Lipinski definition) is 5. The van der Waals surface area contributed by atoms with Crippen molar-refractivity contribution in [2.75, 3.05) is 44.7 Å². The molecule has 3 aromatic rings. The fourth-order valence-corrected chi connectivity index (χ4v) is 4.59. The van der Waals surface area contributed by atoms with Gasteiger partial charge < -0.3 is 4.90 Å². The summed E-state index contributed by atoms with van der Waals surface area (Å²) in [4.78, 5) is 21.6. The van der Waals surface area contributed by atoms with Crippen molar-refractivity contribution in [2.24, 2.45) is 0 Å². The van der Waals surface area contributed by atoms with Crippen LogP contribution in [0.1, 0.15) is 12.2 Å². The minimum atomic E-state index is -2.96. The lowest BCUT2D eigenvalue weighted by Gasteiger charge is -2.34. The molecule has 2 heterocycles. The van der Waals surface area contributed by atoms with Gasteiger partial charge >= 0.3 is 0 Å². The molecule has 1 saturated heterocycles. The van der Waals surface area contributed by atoms with Crippen LogP contribution in [-0.4, -0.2) is 78.4 Å². The first-order valence-electron chi connectivity index (χ1n) is 10.6. The summed E-state index contributed by atoms with van der Waals surface area (Å²) < 4.78 is 24.9. The number of carbonyl (C=O) groups is 1. The summed E-state index contributed by atoms with van der Waals surface area (Å²) >= 11 is 0. The van der Waals surface area contributed by atoms with Crippen molar-refractivity contribution >= 4 is 26.8 Å². The lowest BCUT2D eigenvalue weighted by Crippen LogP contribution is -2.49. The van der Waals surface area contributed by atoms with Crippen LogP contribution in [0.4, 0.5) is 0 Å². The van der Waals surface area contributed by atoms with Crippen molar-refractivity contribution in [3.63, 3.8) is 0 Å². The minimum absolute atomic E-state index is 0.120. The molecule has 0 N–H and O–H groups in total. The van der Waals surface area contributed by atoms with Crippen LogP contribution < -0.4 is 0 Å². The minimum Gasteiger partial charge on any atom is -0.340 e. The summed E-state index contributed by atoms with van der Waals surface area (Å²) in [5.74, 6) is 1.17. The highest BCUT2D eigenvalue weighted by molar-refractivity contribution is 7.90. The van der Waals surface area contributed by atoms with E-state index in [1.54, 1.807) is 0 Å². The SMILES string of the molecule is CS(=O)(=O)CCN1CCN(C(=O)CCc2nc3ccccc3n2-c2ccccc2)CC1. The second-order valence-electron chi connectivity index (χ2n) is 8.04. The number of amides is 1. The Morgan fingerprint density at radius 1 is 0.968 bits per heavy atom. The third kappa shape index (κ3) is 5.32. The van der Waals surface area contributed by atoms with Crippen LogP contribution in [0.25, 0.3) is 16.7 Å². The number of sulfone groups is 1. The van der Waals surface area contributed by atoms with Crippen LogP contribution in [0.5, 0.6) is 0 Å². The molecule has 1 aromatic heterocycles. The van der Waals surface area contributed by atoms with Gasteiger partial charge in [-0.25, -0.2) is 13.4 Å². The summed E-state index contributed by atoms with van der Waals surface area (Å²) in [6.45, 7) is 3.23. The molecule has 0 spiro atoms. The molecule has 7 nitrogen and oxygen atoms in total. The Hall–Kier alpha value is -2.71. The zero-order chi connectivity index (χ0) is 21.8. The monoisotopic (exact) mass is 440 g/mol. The number of rotatable bonds is 7. The van der Waals surface area contributed by atoms with E-state index in [4.69, 9.17) is 4.98 Å². The zero-order valence-corrected chi connectivity index (χ0v) is 18.6. The number of aromatic nitrogens is 2. The molecule has 31 heavy (non-hydrogen) atoms. The molecular weight excluding hydrogens is 412 g/mol. The molecule has 0 saturated carbocycles. The van der Waals surface area contributed by atoms with Crippen LogP contribution in [-0.2, 0) is 21.1 Å². The smallest absolute Gasteiger partial charge is 0.223 e. The molecule has 8 heteroatoms. The van der Waals surface area contributed by atoms with E-state index in [-0.39, 0.29) is 11.7 Å². The van der Waals surface area contributed by atoms with Gasteiger partial charge in [0.15, 0.2) is 0 Å². The number of imidazole rings is 1. The predicted molar refractivity (Wildman–Crippen MR) is 122 cm³/mol. The van der Waals surface area contributed by atoms with Gasteiger partial charge in [-0.2, -0.15) is 0 Å². The summed E-state index contributed by atoms with van der Waals surface area (Å²) in [7, 11) is -2.96. The topological polar surface area (TPSA) is 75.5 Å². The number of carbonyl (C=O) groups excluding carboxylic acids is 1. The van der Waals surface area contributed by atoms with Crippen molar-refractivity contribution in [2.45, 2.75) is 12.8 Å². The number of para-hydroxylation sites is 3. The van der Waals surface area contributed by atoms with Gasteiger partial charge in [0.2, 0.25) is 5.91 Å². The molecule has 0 atom stereocenters. The van der Waals surface area contributed by atoms with E-state index >= 15 is 0 Å². The summed E-state index contributed by atoms with van der Waals surface area (Å²) in [5, 5.41) is 0. The van der Waals surface area contributed by atoms with E-state index < -0.39 is 9.84 Å². The summed E-state index contributed by atoms with van der Waals surface area (Å²) in [5.41, 5.74) is 3.00. The van der Waals surface area contributed by atoms with Gasteiger partial charge in [0.25, 0.3) is 0 Å². The molecule has 1 aliphatic heterocycles. The maximum absolute atomic E-state index is 12.8. The van der Waals surface area contributed by atoms with E-state index in [9.17, 15) is 13.2 Å². The second-order valence-corrected chi connectivity index (χ2v) is 10.3. The van der Waals surface area contributed by atoms with Gasteiger partial charge in [0, 0.05) is 57.5 Å². The lowest BCUT2D eigenvalue weighted by molar-refractivity contribution is -0.132. The van der Waals surface area contributed by atoms with Crippen molar-refractivity contribution in [1.29, 1.82) is 0 Å². The fraction of sp³-hybridized carbons (Fsp3) is 0.391. The highest BCUT2D eigenvalue weighted by Crippen LogP contribution is 2.22. The number of benzene rings is 2. The van der Waals surface area contributed by atoms with Crippen LogP contribution in [0, 0.1) is 0 Å². The Morgan fingerprint density at radius 3 is 2.35 bits per heavy atom. The van der Waals surface area contributed by atoms with Gasteiger partial charge in [-0.1, -0.05) is 30.3 Å². The Bertz CT molecular complexity index is 1150. The van der Waals surface area contributed by atoms with Gasteiger partial charge in [-0.05, 0) is 24.3 Å². The molecule has 1 aliphatic rings. The van der Waals surface area contributed by atoms with E-state index in [0.29, 0.717) is 45.6 Å². The summed E-state index contributed by atoms with van der Waals surface area (Å²) in [6.07, 6.45) is 2.23. The Kier molecular flexibility index (Phi) is 6.38. The number of aryl methyl sites for hydroxylation is 1. The van der Waals surface area contributed by atoms with E-state index in [0.717, 1.165) is 22.5 Å². The first kappa shape index (κ1) is 21.5. The molecule has 4 rings (SSSR count). The Balaban J connectivity index is 1.40. The Morgan fingerprint density at radius 2 is 1.65 bits per heavy atom. The molecule has 1 amide bonds. The number of piperazine rings is 1. The van der Waals surface area contributed by atoms with Gasteiger partial charge in [-0.3, -0.25) is 14.3 Å². The standard InChI is InChI=1S/C23H28N4O3S/c1-31(29,30)18-17-25-13-15-26(16-14-25)23(28)12-11-22-24-20-9-5-6-10-21(20)27(22)19-7-3-2-4-8-19/h2-10H,11-18H2,1H3.